The first-order valence-corrected chi connectivity index (χ1v) is 6.42. The van der Waals surface area contributed by atoms with Gasteiger partial charge in [0.2, 0.25) is 0 Å². The Labute approximate surface area is 114 Å². The van der Waals surface area contributed by atoms with Gasteiger partial charge in [0.25, 0.3) is 0 Å². The highest BCUT2D eigenvalue weighted by Gasteiger charge is 2.17. The van der Waals surface area contributed by atoms with Crippen LogP contribution in [-0.4, -0.2) is 20.8 Å². The maximum Gasteiger partial charge on any atom is 0.188 e. The van der Waals surface area contributed by atoms with Crippen molar-refractivity contribution in [2.75, 3.05) is 0 Å². The number of Topliss-reactive ketones (excluding diaryl/α,β-unsaturated/α-hetero) is 1. The number of halogens is 1. The van der Waals surface area contributed by atoms with Crippen molar-refractivity contribution in [3.63, 3.8) is 0 Å². The highest BCUT2D eigenvalue weighted by Crippen LogP contribution is 2.16. The van der Waals surface area contributed by atoms with E-state index in [2.05, 4.69) is 32.3 Å². The molecule has 2 aromatic rings. The number of nitrogens with zero attached hydrogens (tertiary/aromatic N) is 3. The molecule has 5 heteroatoms. The van der Waals surface area contributed by atoms with Crippen molar-refractivity contribution in [1.82, 2.24) is 15.0 Å². The van der Waals surface area contributed by atoms with Crippen molar-refractivity contribution in [2.24, 2.45) is 7.05 Å². The average Bonchev–Trinajstić information content (AvgIpc) is 2.56. The molecule has 0 saturated heterocycles. The molecule has 1 aromatic carbocycles. The van der Waals surface area contributed by atoms with Gasteiger partial charge in [-0.05, 0) is 35.3 Å². The zero-order chi connectivity index (χ0) is 13.3. The van der Waals surface area contributed by atoms with Gasteiger partial charge in [0.1, 0.15) is 5.69 Å². The van der Waals surface area contributed by atoms with Gasteiger partial charge >= 0.3 is 0 Å². The largest absolute Gasteiger partial charge is 0.292 e. The number of ketones is 1. The minimum atomic E-state index is 0.0133. The Balaban J connectivity index is 2.27. The molecule has 1 heterocycles. The maximum atomic E-state index is 12.2. The topological polar surface area (TPSA) is 47.8 Å². The van der Waals surface area contributed by atoms with Crippen molar-refractivity contribution >= 4 is 21.7 Å². The zero-order valence-electron chi connectivity index (χ0n) is 10.6. The summed E-state index contributed by atoms with van der Waals surface area (Å²) in [7, 11) is 1.71. The molecule has 0 aliphatic rings. The molecule has 0 radical (unpaired) electrons. The lowest BCUT2D eigenvalue weighted by atomic mass is 10.0. The molecule has 0 atom stereocenters. The van der Waals surface area contributed by atoms with E-state index in [-0.39, 0.29) is 5.78 Å². The Hall–Kier alpha value is -1.49. The summed E-state index contributed by atoms with van der Waals surface area (Å²) in [6, 6.07) is 6.15. The first kappa shape index (κ1) is 13.0. The number of aryl methyl sites for hydroxylation is 3. The van der Waals surface area contributed by atoms with E-state index in [1.807, 2.05) is 26.0 Å². The zero-order valence-corrected chi connectivity index (χ0v) is 12.2. The highest BCUT2D eigenvalue weighted by molar-refractivity contribution is 9.10. The normalized spacial score (nSPS) is 10.7. The van der Waals surface area contributed by atoms with Crippen LogP contribution in [-0.2, 0) is 13.5 Å². The summed E-state index contributed by atoms with van der Waals surface area (Å²) < 4.78 is 1.99. The number of benzene rings is 1. The molecule has 0 unspecified atom stereocenters. The van der Waals surface area contributed by atoms with Gasteiger partial charge in [-0.3, -0.25) is 4.79 Å². The third-order valence-corrected chi connectivity index (χ3v) is 3.23. The molecular weight excluding hydrogens is 294 g/mol. The number of hydrogen-bond acceptors (Lipinski definition) is 3. The fourth-order valence-electron chi connectivity index (χ4n) is 2.07. The van der Waals surface area contributed by atoms with Crippen LogP contribution < -0.4 is 0 Å². The van der Waals surface area contributed by atoms with Crippen LogP contribution >= 0.6 is 15.9 Å². The standard InChI is InChI=1S/C13H14BrN3O/c1-8-4-9(2)6-10(5-8)7-11(18)12-13(14)15-16-17(12)3/h4-6H,7H2,1-3H3. The lowest BCUT2D eigenvalue weighted by molar-refractivity contribution is 0.0983. The summed E-state index contributed by atoms with van der Waals surface area (Å²) >= 11 is 3.24. The van der Waals surface area contributed by atoms with E-state index < -0.39 is 0 Å². The molecule has 0 N–H and O–H groups in total. The minimum absolute atomic E-state index is 0.0133. The summed E-state index contributed by atoms with van der Waals surface area (Å²) in [5, 5.41) is 7.64. The van der Waals surface area contributed by atoms with E-state index in [1.165, 1.54) is 15.8 Å². The second kappa shape index (κ2) is 5.02. The molecule has 0 saturated carbocycles. The fraction of sp³-hybridized carbons (Fsp3) is 0.308. The molecule has 94 valence electrons. The molecule has 0 bridgehead atoms. The Bertz CT molecular complexity index is 565. The van der Waals surface area contributed by atoms with E-state index in [9.17, 15) is 4.79 Å². The van der Waals surface area contributed by atoms with Crippen LogP contribution in [0.1, 0.15) is 27.2 Å². The van der Waals surface area contributed by atoms with Gasteiger partial charge < -0.3 is 0 Å². The van der Waals surface area contributed by atoms with Crippen LogP contribution in [0, 0.1) is 13.8 Å². The summed E-state index contributed by atoms with van der Waals surface area (Å²) in [6.45, 7) is 4.06. The second-order valence-corrected chi connectivity index (χ2v) is 5.20. The quantitative estimate of drug-likeness (QED) is 0.819. The molecule has 0 aliphatic carbocycles. The van der Waals surface area contributed by atoms with E-state index in [1.54, 1.807) is 7.05 Å². The van der Waals surface area contributed by atoms with Crippen molar-refractivity contribution in [1.29, 1.82) is 0 Å². The molecule has 0 amide bonds. The van der Waals surface area contributed by atoms with Gasteiger partial charge in [-0.25, -0.2) is 4.68 Å². The number of carbonyl (C=O) groups is 1. The van der Waals surface area contributed by atoms with Gasteiger partial charge in [0.05, 0.1) is 0 Å². The molecule has 4 nitrogen and oxygen atoms in total. The highest BCUT2D eigenvalue weighted by atomic mass is 79.9. The van der Waals surface area contributed by atoms with Crippen molar-refractivity contribution < 1.29 is 4.79 Å². The van der Waals surface area contributed by atoms with Crippen LogP contribution in [0.15, 0.2) is 22.8 Å². The SMILES string of the molecule is Cc1cc(C)cc(CC(=O)c2c(Br)nnn2C)c1. The molecule has 0 aliphatic heterocycles. The molecular formula is C13H14BrN3O. The van der Waals surface area contributed by atoms with Crippen LogP contribution in [0.5, 0.6) is 0 Å². The van der Waals surface area contributed by atoms with Gasteiger partial charge in [-0.15, -0.1) is 5.10 Å². The lowest BCUT2D eigenvalue weighted by Gasteiger charge is -2.05. The van der Waals surface area contributed by atoms with Crippen LogP contribution in [0.25, 0.3) is 0 Å². The molecule has 18 heavy (non-hydrogen) atoms. The number of hydrogen-bond donors (Lipinski definition) is 0. The Kier molecular flexibility index (Phi) is 3.61. The lowest BCUT2D eigenvalue weighted by Crippen LogP contribution is -2.10. The Morgan fingerprint density at radius 3 is 2.39 bits per heavy atom. The smallest absolute Gasteiger partial charge is 0.188 e. The van der Waals surface area contributed by atoms with E-state index in [0.29, 0.717) is 16.7 Å². The molecule has 1 aromatic heterocycles. The van der Waals surface area contributed by atoms with Gasteiger partial charge in [0, 0.05) is 13.5 Å². The summed E-state index contributed by atoms with van der Waals surface area (Å²) in [5.74, 6) is 0.0133. The molecule has 0 fully saturated rings. The number of aromatic nitrogens is 3. The monoisotopic (exact) mass is 307 g/mol. The maximum absolute atomic E-state index is 12.2. The van der Waals surface area contributed by atoms with Crippen molar-refractivity contribution in [3.05, 3.63) is 45.2 Å². The summed E-state index contributed by atoms with van der Waals surface area (Å²) in [4.78, 5) is 12.2. The van der Waals surface area contributed by atoms with Crippen LogP contribution in [0.3, 0.4) is 0 Å². The Morgan fingerprint density at radius 1 is 1.28 bits per heavy atom. The predicted molar refractivity (Wildman–Crippen MR) is 72.7 cm³/mol. The van der Waals surface area contributed by atoms with E-state index in [0.717, 1.165) is 5.56 Å². The van der Waals surface area contributed by atoms with Crippen LogP contribution in [0.4, 0.5) is 0 Å². The van der Waals surface area contributed by atoms with E-state index >= 15 is 0 Å². The van der Waals surface area contributed by atoms with E-state index in [4.69, 9.17) is 0 Å². The summed E-state index contributed by atoms with van der Waals surface area (Å²) in [6.07, 6.45) is 0.363. The van der Waals surface area contributed by atoms with Crippen molar-refractivity contribution in [2.45, 2.75) is 20.3 Å². The van der Waals surface area contributed by atoms with Gasteiger partial charge in [-0.2, -0.15) is 0 Å². The minimum Gasteiger partial charge on any atom is -0.292 e. The number of carbonyl (C=O) groups excluding carboxylic acids is 1. The summed E-state index contributed by atoms with van der Waals surface area (Å²) in [5.41, 5.74) is 3.86. The van der Waals surface area contributed by atoms with Gasteiger partial charge in [0.15, 0.2) is 10.4 Å². The molecule has 0 spiro atoms. The number of rotatable bonds is 3. The van der Waals surface area contributed by atoms with Crippen molar-refractivity contribution in [3.8, 4) is 0 Å². The Morgan fingerprint density at radius 2 is 1.89 bits per heavy atom. The first-order valence-electron chi connectivity index (χ1n) is 5.63. The van der Waals surface area contributed by atoms with Crippen LogP contribution in [0.2, 0.25) is 0 Å². The van der Waals surface area contributed by atoms with Gasteiger partial charge in [-0.1, -0.05) is 34.5 Å². The molecule has 2 rings (SSSR count). The fourth-order valence-corrected chi connectivity index (χ4v) is 2.62. The first-order chi connectivity index (χ1) is 8.47. The third-order valence-electron chi connectivity index (χ3n) is 2.70. The third kappa shape index (κ3) is 2.67. The average molecular weight is 308 g/mol. The second-order valence-electron chi connectivity index (χ2n) is 4.45. The predicted octanol–water partition coefficient (Wildman–Crippen LogP) is 2.62.